The molecule has 21 aromatic rings. The molecule has 0 spiro atoms. The third kappa shape index (κ3) is 9.00. The van der Waals surface area contributed by atoms with E-state index in [1.807, 2.05) is 34.8 Å². The molecule has 0 atom stereocenters. The second-order valence-corrected chi connectivity index (χ2v) is 27.2. The summed E-state index contributed by atoms with van der Waals surface area (Å²) in [6.07, 6.45) is 0. The van der Waals surface area contributed by atoms with Gasteiger partial charge in [-0.05, 0) is 116 Å². The van der Waals surface area contributed by atoms with Gasteiger partial charge in [0.2, 0.25) is 11.9 Å². The van der Waals surface area contributed by atoms with Crippen molar-refractivity contribution in [2.24, 2.45) is 0 Å². The predicted octanol–water partition coefficient (Wildman–Crippen LogP) is 24.8. The Morgan fingerprint density at radius 2 is 0.582 bits per heavy atom. The fourth-order valence-corrected chi connectivity index (χ4v) is 17.6. The molecule has 6 aromatic heterocycles. The monoisotopic (exact) mass is 1280 g/mol. The van der Waals surface area contributed by atoms with E-state index in [1.54, 1.807) is 0 Å². The van der Waals surface area contributed by atoms with Crippen LogP contribution < -0.4 is 0 Å². The molecule has 0 radical (unpaired) electrons. The van der Waals surface area contributed by atoms with Crippen LogP contribution in [-0.2, 0) is 0 Å². The van der Waals surface area contributed by atoms with Crippen molar-refractivity contribution in [3.8, 4) is 67.8 Å². The SMILES string of the molecule is c1ccc(-c2ccc(-c3nc(-n4c5ccccc5c5c6cc(-c7cccc8c7sc7ccccc78)ccc6ccc54)nc4ccccc34)cc2)cc1.c1ccc(-c2nc(-n3c4ccccc4c4c5cc(-c6cccc7c6sc6ccccc67)ccc5ccc43)nc3ccccc23)cc1. The molecule has 0 unspecified atom stereocenters. The molecule has 0 aliphatic carbocycles. The molecule has 0 bridgehead atoms. The van der Waals surface area contributed by atoms with Crippen LogP contribution in [0.2, 0.25) is 0 Å². The molecule has 456 valence electrons. The highest BCUT2D eigenvalue weighted by Crippen LogP contribution is 2.46. The third-order valence-corrected chi connectivity index (χ3v) is 22.1. The molecule has 0 aliphatic rings. The number of para-hydroxylation sites is 4. The highest BCUT2D eigenvalue weighted by molar-refractivity contribution is 7.26. The lowest BCUT2D eigenvalue weighted by Gasteiger charge is -2.12. The minimum Gasteiger partial charge on any atom is -0.278 e. The van der Waals surface area contributed by atoms with E-state index in [9.17, 15) is 0 Å². The first-order valence-corrected chi connectivity index (χ1v) is 34.7. The van der Waals surface area contributed by atoms with Crippen LogP contribution in [-0.4, -0.2) is 29.1 Å². The Kier molecular flexibility index (Phi) is 12.9. The van der Waals surface area contributed by atoms with Crippen LogP contribution in [0.1, 0.15) is 0 Å². The maximum atomic E-state index is 5.37. The summed E-state index contributed by atoms with van der Waals surface area (Å²) in [5, 5.41) is 17.0. The van der Waals surface area contributed by atoms with Gasteiger partial charge in [0.1, 0.15) is 0 Å². The molecule has 6 heterocycles. The van der Waals surface area contributed by atoms with Crippen molar-refractivity contribution in [3.63, 3.8) is 0 Å². The molecule has 0 N–H and O–H groups in total. The van der Waals surface area contributed by atoms with Gasteiger partial charge in [-0.25, -0.2) is 19.9 Å². The molecule has 0 aliphatic heterocycles. The number of hydrogen-bond donors (Lipinski definition) is 0. The molecule has 0 saturated carbocycles. The molecule has 15 aromatic carbocycles. The lowest BCUT2D eigenvalue weighted by atomic mass is 9.97. The lowest BCUT2D eigenvalue weighted by molar-refractivity contribution is 1.01. The Morgan fingerprint density at radius 3 is 1.07 bits per heavy atom. The van der Waals surface area contributed by atoms with E-state index in [4.69, 9.17) is 19.9 Å². The van der Waals surface area contributed by atoms with E-state index < -0.39 is 0 Å². The second kappa shape index (κ2) is 22.6. The van der Waals surface area contributed by atoms with Crippen LogP contribution in [0.25, 0.3) is 195 Å². The first-order chi connectivity index (χ1) is 48.6. The second-order valence-electron chi connectivity index (χ2n) is 25.1. The van der Waals surface area contributed by atoms with Gasteiger partial charge in [0, 0.05) is 83.8 Å². The summed E-state index contributed by atoms with van der Waals surface area (Å²) in [4.78, 5) is 21.0. The molecular formula is C90H54N6S2. The smallest absolute Gasteiger partial charge is 0.235 e. The molecule has 0 amide bonds. The molecule has 6 nitrogen and oxygen atoms in total. The Bertz CT molecular complexity index is 6800. The topological polar surface area (TPSA) is 61.4 Å². The molecule has 0 saturated heterocycles. The summed E-state index contributed by atoms with van der Waals surface area (Å²) in [6.45, 7) is 0. The number of thiophene rings is 2. The van der Waals surface area contributed by atoms with E-state index in [-0.39, 0.29) is 0 Å². The zero-order chi connectivity index (χ0) is 64.4. The highest BCUT2D eigenvalue weighted by Gasteiger charge is 2.23. The zero-order valence-electron chi connectivity index (χ0n) is 52.7. The van der Waals surface area contributed by atoms with Gasteiger partial charge in [-0.1, -0.05) is 267 Å². The van der Waals surface area contributed by atoms with E-state index in [0.717, 1.165) is 66.4 Å². The van der Waals surface area contributed by atoms with Crippen molar-refractivity contribution in [2.45, 2.75) is 0 Å². The van der Waals surface area contributed by atoms with E-state index >= 15 is 0 Å². The van der Waals surface area contributed by atoms with Crippen molar-refractivity contribution in [3.05, 3.63) is 328 Å². The maximum absolute atomic E-state index is 5.37. The average Bonchev–Trinajstić information content (AvgIpc) is 1.56. The quantitative estimate of drug-likeness (QED) is 0.160. The van der Waals surface area contributed by atoms with Crippen LogP contribution in [0, 0.1) is 0 Å². The lowest BCUT2D eigenvalue weighted by Crippen LogP contribution is -2.03. The normalized spacial score (nSPS) is 11.9. The van der Waals surface area contributed by atoms with E-state index in [0.29, 0.717) is 11.9 Å². The summed E-state index contributed by atoms with van der Waals surface area (Å²) in [6, 6.07) is 117. The van der Waals surface area contributed by atoms with E-state index in [1.165, 1.54) is 117 Å². The van der Waals surface area contributed by atoms with Crippen molar-refractivity contribution in [1.29, 1.82) is 0 Å². The van der Waals surface area contributed by atoms with Crippen LogP contribution in [0.15, 0.2) is 328 Å². The number of benzene rings is 15. The van der Waals surface area contributed by atoms with Gasteiger partial charge in [-0.15, -0.1) is 22.7 Å². The van der Waals surface area contributed by atoms with E-state index in [2.05, 4.69) is 325 Å². The molecule has 0 fully saturated rings. The first kappa shape index (κ1) is 55.9. The Morgan fingerprint density at radius 1 is 0.224 bits per heavy atom. The average molecular weight is 1280 g/mol. The van der Waals surface area contributed by atoms with Gasteiger partial charge < -0.3 is 0 Å². The molecule has 21 rings (SSSR count). The summed E-state index contributed by atoms with van der Waals surface area (Å²) in [5.41, 5.74) is 17.6. The van der Waals surface area contributed by atoms with Gasteiger partial charge in [0.05, 0.1) is 44.5 Å². The minimum atomic E-state index is 0.664. The molecular weight excluding hydrogens is 1230 g/mol. The standard InChI is InChI=1S/C48H29N3S.C42H25N3S/c1-2-11-30(12-3-1)31-21-24-33(25-22-31)46-38-14-4-7-18-41(38)49-48(50-46)51-42-19-8-5-15-39(42)45-40-29-34(26-23-32(40)27-28-43(45)51)35-16-10-17-37-36-13-6-9-20-44(36)52-47(35)37;1-2-11-27(12-3-1)40-32-14-4-7-18-35(32)43-42(44-40)45-36-19-8-5-15-33(36)39-34-25-28(22-21-26(34)23-24-37(39)45)29-16-10-17-31-30-13-6-9-20-38(30)46-41(29)31/h1-29H;1-25H. The number of fused-ring (bicyclic) bond motifs is 18. The van der Waals surface area contributed by atoms with Crippen molar-refractivity contribution >= 4 is 150 Å². The van der Waals surface area contributed by atoms with Gasteiger partial charge >= 0.3 is 0 Å². The minimum absolute atomic E-state index is 0.664. The van der Waals surface area contributed by atoms with Crippen LogP contribution in [0.5, 0.6) is 0 Å². The summed E-state index contributed by atoms with van der Waals surface area (Å²) in [5.74, 6) is 1.34. The number of hydrogen-bond acceptors (Lipinski definition) is 6. The van der Waals surface area contributed by atoms with Crippen LogP contribution in [0.4, 0.5) is 0 Å². The third-order valence-electron chi connectivity index (χ3n) is 19.6. The number of rotatable bonds is 7. The van der Waals surface area contributed by atoms with Crippen molar-refractivity contribution in [1.82, 2.24) is 29.1 Å². The highest BCUT2D eigenvalue weighted by atomic mass is 32.1. The first-order valence-electron chi connectivity index (χ1n) is 33.1. The van der Waals surface area contributed by atoms with Gasteiger partial charge in [-0.2, -0.15) is 0 Å². The summed E-state index contributed by atoms with van der Waals surface area (Å²) < 4.78 is 9.78. The van der Waals surface area contributed by atoms with Crippen molar-refractivity contribution < 1.29 is 0 Å². The van der Waals surface area contributed by atoms with Crippen LogP contribution in [0.3, 0.4) is 0 Å². The largest absolute Gasteiger partial charge is 0.278 e. The fraction of sp³-hybridized carbons (Fsp3) is 0. The molecule has 98 heavy (non-hydrogen) atoms. The van der Waals surface area contributed by atoms with Crippen molar-refractivity contribution in [2.75, 3.05) is 0 Å². The Hall–Kier alpha value is -12.5. The van der Waals surface area contributed by atoms with Crippen LogP contribution >= 0.6 is 22.7 Å². The van der Waals surface area contributed by atoms with Gasteiger partial charge in [-0.3, -0.25) is 9.13 Å². The fourth-order valence-electron chi connectivity index (χ4n) is 15.1. The van der Waals surface area contributed by atoms with Gasteiger partial charge in [0.15, 0.2) is 0 Å². The Labute approximate surface area is 570 Å². The number of nitrogens with zero attached hydrogens (tertiary/aromatic N) is 6. The van der Waals surface area contributed by atoms with Gasteiger partial charge in [0.25, 0.3) is 0 Å². The predicted molar refractivity (Wildman–Crippen MR) is 416 cm³/mol. The summed E-state index contributed by atoms with van der Waals surface area (Å²) in [7, 11) is 0. The Balaban J connectivity index is 0.000000134. The summed E-state index contributed by atoms with van der Waals surface area (Å²) >= 11 is 3.75. The maximum Gasteiger partial charge on any atom is 0.235 e. The number of aromatic nitrogens is 6. The zero-order valence-corrected chi connectivity index (χ0v) is 54.3. The molecule has 8 heteroatoms.